The summed E-state index contributed by atoms with van der Waals surface area (Å²) in [6.07, 6.45) is -3.21. The lowest BCUT2D eigenvalue weighted by Gasteiger charge is -2.09. The highest BCUT2D eigenvalue weighted by Gasteiger charge is 2.31. The summed E-state index contributed by atoms with van der Waals surface area (Å²) in [5.74, 6) is -0.536. The topological polar surface area (TPSA) is 46.4 Å². The number of anilines is 1. The van der Waals surface area contributed by atoms with Gasteiger partial charge >= 0.3 is 6.18 Å². The summed E-state index contributed by atoms with van der Waals surface area (Å²) in [4.78, 5) is 16.9. The van der Waals surface area contributed by atoms with E-state index in [9.17, 15) is 18.0 Å². The Hall–Kier alpha value is -2.54. The molecule has 0 aliphatic rings. The lowest BCUT2D eigenvalue weighted by molar-refractivity contribution is -0.137. The Bertz CT molecular complexity index is 933. The number of imidazole rings is 1. The molecule has 0 spiro atoms. The molecule has 0 aliphatic heterocycles. The fourth-order valence-electron chi connectivity index (χ4n) is 2.47. The van der Waals surface area contributed by atoms with Gasteiger partial charge in [0.1, 0.15) is 11.3 Å². The number of fused-ring (bicyclic) bond motifs is 1. The number of pyridine rings is 1. The van der Waals surface area contributed by atoms with E-state index in [-0.39, 0.29) is 11.3 Å². The molecule has 1 amide bonds. The van der Waals surface area contributed by atoms with Gasteiger partial charge in [-0.15, -0.1) is 0 Å². The number of halogens is 4. The molecular formula is C17H13ClF3N3O. The number of nitrogens with zero attached hydrogens (tertiary/aromatic N) is 2. The molecule has 8 heteroatoms. The van der Waals surface area contributed by atoms with Crippen molar-refractivity contribution in [2.45, 2.75) is 19.5 Å². The molecule has 0 radical (unpaired) electrons. The zero-order valence-electron chi connectivity index (χ0n) is 13.1. The van der Waals surface area contributed by atoms with Gasteiger partial charge in [0.15, 0.2) is 0 Å². The van der Waals surface area contributed by atoms with Crippen LogP contribution in [0, 0.1) is 0 Å². The van der Waals surface area contributed by atoms with Crippen LogP contribution >= 0.6 is 11.6 Å². The minimum Gasteiger partial charge on any atom is -0.321 e. The molecule has 1 N–H and O–H groups in total. The van der Waals surface area contributed by atoms with E-state index in [1.54, 1.807) is 31.2 Å². The quantitative estimate of drug-likeness (QED) is 0.721. The van der Waals surface area contributed by atoms with Crippen molar-refractivity contribution in [2.24, 2.45) is 0 Å². The molecule has 2 aromatic heterocycles. The third-order valence-electron chi connectivity index (χ3n) is 3.67. The van der Waals surface area contributed by atoms with E-state index in [2.05, 4.69) is 10.3 Å². The first-order valence-electron chi connectivity index (χ1n) is 7.44. The van der Waals surface area contributed by atoms with E-state index >= 15 is 0 Å². The molecule has 2 heterocycles. The SMILES string of the molecule is CCc1nc2ccc(C(F)(F)F)cn2c1C(=O)Nc1ccc(Cl)cc1. The van der Waals surface area contributed by atoms with Crippen LogP contribution in [-0.2, 0) is 12.6 Å². The van der Waals surface area contributed by atoms with Crippen molar-refractivity contribution >= 4 is 28.8 Å². The Morgan fingerprint density at radius 1 is 1.20 bits per heavy atom. The number of nitrogens with one attached hydrogen (secondary N) is 1. The molecule has 0 atom stereocenters. The Balaban J connectivity index is 2.06. The molecule has 0 aliphatic carbocycles. The first-order valence-corrected chi connectivity index (χ1v) is 7.82. The number of amides is 1. The number of aryl methyl sites for hydroxylation is 1. The summed E-state index contributed by atoms with van der Waals surface area (Å²) in [6.45, 7) is 1.78. The van der Waals surface area contributed by atoms with Crippen LogP contribution in [0.25, 0.3) is 5.65 Å². The Morgan fingerprint density at radius 2 is 1.88 bits per heavy atom. The van der Waals surface area contributed by atoms with Crippen LogP contribution in [0.15, 0.2) is 42.6 Å². The monoisotopic (exact) mass is 367 g/mol. The van der Waals surface area contributed by atoms with Crippen molar-refractivity contribution in [3.63, 3.8) is 0 Å². The highest BCUT2D eigenvalue weighted by molar-refractivity contribution is 6.30. The first-order chi connectivity index (χ1) is 11.8. The third kappa shape index (κ3) is 3.46. The fourth-order valence-corrected chi connectivity index (χ4v) is 2.60. The standard InChI is InChI=1S/C17H13ClF3N3O/c1-2-13-15(16(25)22-12-6-4-11(18)5-7-12)24-9-10(17(19,20)21)3-8-14(24)23-13/h3-9H,2H2,1H3,(H,22,25). The van der Waals surface area contributed by atoms with Crippen molar-refractivity contribution < 1.29 is 18.0 Å². The van der Waals surface area contributed by atoms with Crippen molar-refractivity contribution in [2.75, 3.05) is 5.32 Å². The van der Waals surface area contributed by atoms with Crippen LogP contribution in [0.5, 0.6) is 0 Å². The number of rotatable bonds is 3. The minimum absolute atomic E-state index is 0.0820. The Labute approximate surface area is 146 Å². The molecule has 0 fully saturated rings. The molecule has 25 heavy (non-hydrogen) atoms. The van der Waals surface area contributed by atoms with E-state index < -0.39 is 17.6 Å². The van der Waals surface area contributed by atoms with Crippen LogP contribution in [0.3, 0.4) is 0 Å². The predicted molar refractivity (Wildman–Crippen MR) is 89.0 cm³/mol. The summed E-state index contributed by atoms with van der Waals surface area (Å²) in [6, 6.07) is 8.62. The average molecular weight is 368 g/mol. The minimum atomic E-state index is -4.51. The number of benzene rings is 1. The van der Waals surface area contributed by atoms with E-state index in [4.69, 9.17) is 11.6 Å². The van der Waals surface area contributed by atoms with Crippen LogP contribution in [-0.4, -0.2) is 15.3 Å². The van der Waals surface area contributed by atoms with Gasteiger partial charge < -0.3 is 5.32 Å². The number of hydrogen-bond acceptors (Lipinski definition) is 2. The summed E-state index contributed by atoms with van der Waals surface area (Å²) < 4.78 is 40.1. The molecule has 0 unspecified atom stereocenters. The van der Waals surface area contributed by atoms with Gasteiger partial charge in [-0.3, -0.25) is 9.20 Å². The second-order valence-electron chi connectivity index (χ2n) is 5.37. The normalized spacial score (nSPS) is 11.7. The summed E-state index contributed by atoms with van der Waals surface area (Å²) in [5.41, 5.74) is 0.425. The molecule has 3 aromatic rings. The van der Waals surface area contributed by atoms with Gasteiger partial charge in [0.05, 0.1) is 11.3 Å². The Kier molecular flexibility index (Phi) is 4.43. The van der Waals surface area contributed by atoms with Gasteiger partial charge in [-0.25, -0.2) is 4.98 Å². The molecule has 0 saturated carbocycles. The highest BCUT2D eigenvalue weighted by atomic mass is 35.5. The number of aromatic nitrogens is 2. The van der Waals surface area contributed by atoms with Gasteiger partial charge in [0.2, 0.25) is 0 Å². The van der Waals surface area contributed by atoms with Gasteiger partial charge in [0, 0.05) is 16.9 Å². The molecule has 1 aromatic carbocycles. The zero-order valence-corrected chi connectivity index (χ0v) is 13.8. The maximum Gasteiger partial charge on any atom is 0.417 e. The Morgan fingerprint density at radius 3 is 2.48 bits per heavy atom. The number of carbonyl (C=O) groups excluding carboxylic acids is 1. The first kappa shape index (κ1) is 17.3. The number of hydrogen-bond donors (Lipinski definition) is 1. The largest absolute Gasteiger partial charge is 0.417 e. The highest BCUT2D eigenvalue weighted by Crippen LogP contribution is 2.30. The van der Waals surface area contributed by atoms with Crippen LogP contribution in [0.1, 0.15) is 28.7 Å². The molecular weight excluding hydrogens is 355 g/mol. The van der Waals surface area contributed by atoms with Gasteiger partial charge in [-0.1, -0.05) is 18.5 Å². The van der Waals surface area contributed by atoms with Gasteiger partial charge in [0.25, 0.3) is 5.91 Å². The third-order valence-corrected chi connectivity index (χ3v) is 3.92. The molecule has 0 bridgehead atoms. The van der Waals surface area contributed by atoms with Crippen LogP contribution in [0.4, 0.5) is 18.9 Å². The number of alkyl halides is 3. The molecule has 3 rings (SSSR count). The molecule has 0 saturated heterocycles. The van der Waals surface area contributed by atoms with Crippen molar-refractivity contribution in [1.82, 2.24) is 9.38 Å². The smallest absolute Gasteiger partial charge is 0.321 e. The van der Waals surface area contributed by atoms with Crippen molar-refractivity contribution in [3.05, 3.63) is 64.6 Å². The maximum atomic E-state index is 13.0. The van der Waals surface area contributed by atoms with Crippen molar-refractivity contribution in [3.8, 4) is 0 Å². The molecule has 4 nitrogen and oxygen atoms in total. The second kappa shape index (κ2) is 6.40. The van der Waals surface area contributed by atoms with Gasteiger partial charge in [-0.05, 0) is 42.8 Å². The summed E-state index contributed by atoms with van der Waals surface area (Å²) >= 11 is 5.80. The lowest BCUT2D eigenvalue weighted by Crippen LogP contribution is -2.17. The number of carbonyl (C=O) groups is 1. The van der Waals surface area contributed by atoms with E-state index in [0.717, 1.165) is 12.3 Å². The van der Waals surface area contributed by atoms with Crippen LogP contribution in [0.2, 0.25) is 5.02 Å². The van der Waals surface area contributed by atoms with E-state index in [0.29, 0.717) is 22.8 Å². The lowest BCUT2D eigenvalue weighted by atomic mass is 10.2. The van der Waals surface area contributed by atoms with Crippen molar-refractivity contribution in [1.29, 1.82) is 0 Å². The maximum absolute atomic E-state index is 13.0. The average Bonchev–Trinajstić information content (AvgIpc) is 2.94. The summed E-state index contributed by atoms with van der Waals surface area (Å²) in [7, 11) is 0. The van der Waals surface area contributed by atoms with Crippen LogP contribution < -0.4 is 5.32 Å². The predicted octanol–water partition coefficient (Wildman–Crippen LogP) is 4.82. The molecule has 130 valence electrons. The van der Waals surface area contributed by atoms with E-state index in [1.165, 1.54) is 10.5 Å². The van der Waals surface area contributed by atoms with Gasteiger partial charge in [-0.2, -0.15) is 13.2 Å². The zero-order chi connectivity index (χ0) is 18.2. The summed E-state index contributed by atoms with van der Waals surface area (Å²) in [5, 5.41) is 3.17. The second-order valence-corrected chi connectivity index (χ2v) is 5.80. The fraction of sp³-hybridized carbons (Fsp3) is 0.176. The van der Waals surface area contributed by atoms with E-state index in [1.807, 2.05) is 0 Å².